The summed E-state index contributed by atoms with van der Waals surface area (Å²) in [6.45, 7) is 2.46. The Morgan fingerprint density at radius 1 is 0.667 bits per heavy atom. The summed E-state index contributed by atoms with van der Waals surface area (Å²) in [7, 11) is -3.89. The number of aliphatic hydroxyl groups is 1. The number of hydrogen-bond donors (Lipinski definition) is 2. The van der Waals surface area contributed by atoms with Crippen molar-refractivity contribution in [2.75, 3.05) is 6.61 Å². The van der Waals surface area contributed by atoms with Gasteiger partial charge in [-0.1, -0.05) is 90.4 Å². The number of unbranched alkanes of at least 4 members (excludes halogenated alkanes) is 12. The number of hydrogen-bond acceptors (Lipinski definition) is 3. The minimum absolute atomic E-state index is 0.299. The minimum atomic E-state index is -3.89. The maximum absolute atomic E-state index is 11.5. The van der Waals surface area contributed by atoms with Crippen LogP contribution in [0.5, 0.6) is 0 Å². The molecule has 0 saturated heterocycles. The van der Waals surface area contributed by atoms with Crippen molar-refractivity contribution in [3.63, 3.8) is 0 Å². The Labute approximate surface area is 150 Å². The Hall–Kier alpha value is -0.130. The molecule has 5 heteroatoms. The second-order valence-electron chi connectivity index (χ2n) is 7.03. The van der Waals surface area contributed by atoms with Crippen LogP contribution in [0.3, 0.4) is 0 Å². The van der Waals surface area contributed by atoms with Crippen molar-refractivity contribution in [1.29, 1.82) is 0 Å². The van der Waals surface area contributed by atoms with E-state index >= 15 is 0 Å². The second kappa shape index (κ2) is 16.3. The SMILES string of the molecule is CCCCCCCC(CCCCCCCCCCCO)S(=O)(=O)O. The molecule has 0 rings (SSSR count). The number of aliphatic hydroxyl groups excluding tert-OH is 1. The lowest BCUT2D eigenvalue weighted by molar-refractivity contribution is 0.282. The van der Waals surface area contributed by atoms with Gasteiger partial charge in [-0.2, -0.15) is 8.42 Å². The van der Waals surface area contributed by atoms with E-state index in [1.54, 1.807) is 0 Å². The van der Waals surface area contributed by atoms with Crippen LogP contribution in [-0.4, -0.2) is 29.9 Å². The fourth-order valence-electron chi connectivity index (χ4n) is 3.14. The van der Waals surface area contributed by atoms with Crippen LogP contribution >= 0.6 is 0 Å². The largest absolute Gasteiger partial charge is 0.396 e. The van der Waals surface area contributed by atoms with Crippen LogP contribution in [0.2, 0.25) is 0 Å². The Balaban J connectivity index is 3.65. The lowest BCUT2D eigenvalue weighted by atomic mass is 10.0. The highest BCUT2D eigenvalue weighted by atomic mass is 32.2. The quantitative estimate of drug-likeness (QED) is 0.249. The van der Waals surface area contributed by atoms with Gasteiger partial charge in [-0.15, -0.1) is 0 Å². The van der Waals surface area contributed by atoms with Gasteiger partial charge in [0.15, 0.2) is 0 Å². The van der Waals surface area contributed by atoms with Crippen LogP contribution in [0, 0.1) is 0 Å². The average Bonchev–Trinajstić information content (AvgIpc) is 2.53. The summed E-state index contributed by atoms with van der Waals surface area (Å²) >= 11 is 0. The molecule has 0 aromatic carbocycles. The zero-order valence-corrected chi connectivity index (χ0v) is 16.5. The molecule has 0 aliphatic rings. The third-order valence-corrected chi connectivity index (χ3v) is 6.05. The molecule has 24 heavy (non-hydrogen) atoms. The van der Waals surface area contributed by atoms with Crippen molar-refractivity contribution in [2.45, 2.75) is 115 Å². The molecule has 0 bridgehead atoms. The maximum atomic E-state index is 11.5. The van der Waals surface area contributed by atoms with E-state index in [-0.39, 0.29) is 0 Å². The van der Waals surface area contributed by atoms with E-state index < -0.39 is 15.4 Å². The van der Waals surface area contributed by atoms with Crippen LogP contribution in [-0.2, 0) is 10.1 Å². The van der Waals surface area contributed by atoms with Gasteiger partial charge in [0.2, 0.25) is 0 Å². The van der Waals surface area contributed by atoms with Crippen molar-refractivity contribution in [1.82, 2.24) is 0 Å². The Morgan fingerprint density at radius 3 is 1.42 bits per heavy atom. The zero-order chi connectivity index (χ0) is 18.1. The van der Waals surface area contributed by atoms with E-state index in [0.29, 0.717) is 19.4 Å². The summed E-state index contributed by atoms with van der Waals surface area (Å²) in [6, 6.07) is 0. The lowest BCUT2D eigenvalue weighted by Crippen LogP contribution is -2.20. The molecule has 0 saturated carbocycles. The highest BCUT2D eigenvalue weighted by Crippen LogP contribution is 2.19. The smallest absolute Gasteiger partial charge is 0.267 e. The van der Waals surface area contributed by atoms with Crippen molar-refractivity contribution in [2.24, 2.45) is 0 Å². The van der Waals surface area contributed by atoms with Crippen molar-refractivity contribution in [3.05, 3.63) is 0 Å². The molecule has 0 fully saturated rings. The van der Waals surface area contributed by atoms with Gasteiger partial charge in [-0.05, 0) is 19.3 Å². The lowest BCUT2D eigenvalue weighted by Gasteiger charge is -2.13. The van der Waals surface area contributed by atoms with Gasteiger partial charge < -0.3 is 5.11 Å². The molecule has 0 heterocycles. The van der Waals surface area contributed by atoms with Gasteiger partial charge in [-0.3, -0.25) is 4.55 Å². The van der Waals surface area contributed by atoms with E-state index in [2.05, 4.69) is 6.92 Å². The zero-order valence-electron chi connectivity index (χ0n) is 15.7. The third-order valence-electron chi connectivity index (χ3n) is 4.74. The molecule has 146 valence electrons. The monoisotopic (exact) mass is 364 g/mol. The molecule has 0 aliphatic heterocycles. The van der Waals surface area contributed by atoms with Crippen LogP contribution < -0.4 is 0 Å². The molecule has 0 spiro atoms. The van der Waals surface area contributed by atoms with Gasteiger partial charge >= 0.3 is 0 Å². The minimum Gasteiger partial charge on any atom is -0.396 e. The normalized spacial score (nSPS) is 13.3. The highest BCUT2D eigenvalue weighted by molar-refractivity contribution is 7.86. The Kier molecular flexibility index (Phi) is 16.3. The second-order valence-corrected chi connectivity index (χ2v) is 8.73. The van der Waals surface area contributed by atoms with Gasteiger partial charge in [-0.25, -0.2) is 0 Å². The first kappa shape index (κ1) is 23.9. The van der Waals surface area contributed by atoms with E-state index in [9.17, 15) is 13.0 Å². The molecule has 2 N–H and O–H groups in total. The fraction of sp³-hybridized carbons (Fsp3) is 1.00. The first-order valence-electron chi connectivity index (χ1n) is 10.1. The summed E-state index contributed by atoms with van der Waals surface area (Å²) < 4.78 is 32.3. The number of rotatable bonds is 18. The summed E-state index contributed by atoms with van der Waals surface area (Å²) in [4.78, 5) is 0. The van der Waals surface area contributed by atoms with Gasteiger partial charge in [0.1, 0.15) is 0 Å². The predicted molar refractivity (Wildman–Crippen MR) is 102 cm³/mol. The standard InChI is InChI=1S/C19H40O4S/c1-2-3-4-10-13-16-19(24(21,22)23)17-14-11-8-6-5-7-9-12-15-18-20/h19-20H,2-18H2,1H3,(H,21,22,23). The average molecular weight is 365 g/mol. The molecule has 0 aromatic rings. The fourth-order valence-corrected chi connectivity index (χ4v) is 4.07. The maximum Gasteiger partial charge on any atom is 0.267 e. The molecule has 0 amide bonds. The van der Waals surface area contributed by atoms with Crippen molar-refractivity contribution < 1.29 is 18.1 Å². The van der Waals surface area contributed by atoms with Crippen LogP contribution in [0.4, 0.5) is 0 Å². The molecule has 1 atom stereocenters. The molecule has 4 nitrogen and oxygen atoms in total. The first-order chi connectivity index (χ1) is 11.5. The molecule has 0 radical (unpaired) electrons. The summed E-state index contributed by atoms with van der Waals surface area (Å²) in [5, 5.41) is 8.14. The van der Waals surface area contributed by atoms with Crippen molar-refractivity contribution >= 4 is 10.1 Å². The summed E-state index contributed by atoms with van der Waals surface area (Å²) in [5.74, 6) is 0. The molecular formula is C19H40O4S. The summed E-state index contributed by atoms with van der Waals surface area (Å²) in [5.41, 5.74) is 0. The Bertz CT molecular complexity index is 354. The van der Waals surface area contributed by atoms with Gasteiger partial charge in [0.05, 0.1) is 5.25 Å². The summed E-state index contributed by atoms with van der Waals surface area (Å²) in [6.07, 6.45) is 16.7. The van der Waals surface area contributed by atoms with Gasteiger partial charge in [0, 0.05) is 6.61 Å². The molecular weight excluding hydrogens is 324 g/mol. The van der Waals surface area contributed by atoms with Crippen molar-refractivity contribution in [3.8, 4) is 0 Å². The van der Waals surface area contributed by atoms with E-state index in [0.717, 1.165) is 51.4 Å². The topological polar surface area (TPSA) is 74.6 Å². The van der Waals surface area contributed by atoms with Crippen LogP contribution in [0.1, 0.15) is 110 Å². The molecule has 0 aromatic heterocycles. The predicted octanol–water partition coefficient (Wildman–Crippen LogP) is 5.50. The van der Waals surface area contributed by atoms with Crippen LogP contribution in [0.25, 0.3) is 0 Å². The third kappa shape index (κ3) is 15.4. The highest BCUT2D eigenvalue weighted by Gasteiger charge is 2.21. The van der Waals surface area contributed by atoms with Gasteiger partial charge in [0.25, 0.3) is 10.1 Å². The Morgan fingerprint density at radius 2 is 1.04 bits per heavy atom. The molecule has 0 aliphatic carbocycles. The van der Waals surface area contributed by atoms with E-state index in [4.69, 9.17) is 5.11 Å². The first-order valence-corrected chi connectivity index (χ1v) is 11.6. The van der Waals surface area contributed by atoms with Crippen LogP contribution in [0.15, 0.2) is 0 Å². The van der Waals surface area contributed by atoms with E-state index in [1.807, 2.05) is 0 Å². The van der Waals surface area contributed by atoms with E-state index in [1.165, 1.54) is 38.5 Å². The molecule has 1 unspecified atom stereocenters.